The molecule has 1 aromatic carbocycles. The fourth-order valence-corrected chi connectivity index (χ4v) is 2.28. The minimum Gasteiger partial charge on any atom is -0.382 e. The summed E-state index contributed by atoms with van der Waals surface area (Å²) >= 11 is 5.28. The topological polar surface area (TPSA) is 50.9 Å². The van der Waals surface area contributed by atoms with E-state index < -0.39 is 11.7 Å². The van der Waals surface area contributed by atoms with Crippen LogP contribution in [0.5, 0.6) is 0 Å². The predicted molar refractivity (Wildman–Crippen MR) is 84.8 cm³/mol. The first kappa shape index (κ1) is 16.2. The Balaban J connectivity index is 2.32. The van der Waals surface area contributed by atoms with Crippen LogP contribution in [0.3, 0.4) is 0 Å². The number of hydrogen-bond donors (Lipinski definition) is 2. The summed E-state index contributed by atoms with van der Waals surface area (Å²) in [5.41, 5.74) is 6.56. The monoisotopic (exact) mass is 325 g/mol. The van der Waals surface area contributed by atoms with Crippen LogP contribution < -0.4 is 11.1 Å². The fourth-order valence-electron chi connectivity index (χ4n) is 1.97. The standard InChI is InChI=1S/C15H14F3N3S/c1-2-9-5-3-4-6-11(9)14(22)21-12-7-10(15(16,17)18)8-20-13(12)19/h3-8H,2H2,1H3,(H2,19,20)(H,21,22). The third-order valence-corrected chi connectivity index (χ3v) is 3.46. The second kappa shape index (κ2) is 6.31. The van der Waals surface area contributed by atoms with Gasteiger partial charge in [-0.05, 0) is 18.1 Å². The lowest BCUT2D eigenvalue weighted by Crippen LogP contribution is -2.16. The van der Waals surface area contributed by atoms with Crippen molar-refractivity contribution in [1.82, 2.24) is 4.98 Å². The van der Waals surface area contributed by atoms with Crippen LogP contribution in [0, 0.1) is 0 Å². The molecule has 116 valence electrons. The van der Waals surface area contributed by atoms with Crippen molar-refractivity contribution in [3.63, 3.8) is 0 Å². The highest BCUT2D eigenvalue weighted by molar-refractivity contribution is 7.81. The first-order valence-electron chi connectivity index (χ1n) is 6.55. The van der Waals surface area contributed by atoms with Crippen molar-refractivity contribution in [2.45, 2.75) is 19.5 Å². The van der Waals surface area contributed by atoms with Crippen molar-refractivity contribution < 1.29 is 13.2 Å². The van der Waals surface area contributed by atoms with E-state index in [4.69, 9.17) is 18.0 Å². The lowest BCUT2D eigenvalue weighted by Gasteiger charge is -2.14. The van der Waals surface area contributed by atoms with E-state index in [0.717, 1.165) is 23.6 Å². The van der Waals surface area contributed by atoms with Crippen molar-refractivity contribution in [1.29, 1.82) is 0 Å². The van der Waals surface area contributed by atoms with Gasteiger partial charge in [0.05, 0.1) is 11.3 Å². The second-order valence-corrected chi connectivity index (χ2v) is 5.03. The predicted octanol–water partition coefficient (Wildman–Crippen LogP) is 4.03. The summed E-state index contributed by atoms with van der Waals surface area (Å²) in [5.74, 6) is -0.0377. The van der Waals surface area contributed by atoms with Gasteiger partial charge >= 0.3 is 6.18 Å². The maximum absolute atomic E-state index is 12.7. The van der Waals surface area contributed by atoms with Gasteiger partial charge in [0.15, 0.2) is 0 Å². The SMILES string of the molecule is CCc1ccccc1C(=S)Nc1cc(C(F)(F)F)cnc1N. The maximum Gasteiger partial charge on any atom is 0.417 e. The highest BCUT2D eigenvalue weighted by Crippen LogP contribution is 2.32. The molecular weight excluding hydrogens is 311 g/mol. The van der Waals surface area contributed by atoms with Gasteiger partial charge in [0.1, 0.15) is 10.8 Å². The average Bonchev–Trinajstić information content (AvgIpc) is 2.48. The van der Waals surface area contributed by atoms with E-state index >= 15 is 0 Å². The lowest BCUT2D eigenvalue weighted by molar-refractivity contribution is -0.137. The van der Waals surface area contributed by atoms with Gasteiger partial charge in [-0.1, -0.05) is 43.4 Å². The fraction of sp³-hybridized carbons (Fsp3) is 0.200. The minimum atomic E-state index is -4.49. The van der Waals surface area contributed by atoms with Crippen molar-refractivity contribution in [3.8, 4) is 0 Å². The van der Waals surface area contributed by atoms with Crippen molar-refractivity contribution in [2.75, 3.05) is 11.1 Å². The summed E-state index contributed by atoms with van der Waals surface area (Å²) in [7, 11) is 0. The minimum absolute atomic E-state index is 0.0377. The van der Waals surface area contributed by atoms with Gasteiger partial charge < -0.3 is 11.1 Å². The van der Waals surface area contributed by atoms with Crippen molar-refractivity contribution in [3.05, 3.63) is 53.2 Å². The highest BCUT2D eigenvalue weighted by Gasteiger charge is 2.31. The number of alkyl halides is 3. The van der Waals surface area contributed by atoms with Crippen LogP contribution in [0.4, 0.5) is 24.7 Å². The number of halogens is 3. The Labute approximate surface area is 131 Å². The molecule has 0 aliphatic carbocycles. The van der Waals surface area contributed by atoms with Gasteiger partial charge in [0.25, 0.3) is 0 Å². The third-order valence-electron chi connectivity index (χ3n) is 3.14. The van der Waals surface area contributed by atoms with Crippen LogP contribution in [0.2, 0.25) is 0 Å². The van der Waals surface area contributed by atoms with Crippen LogP contribution in [0.15, 0.2) is 36.5 Å². The number of hydrogen-bond acceptors (Lipinski definition) is 3. The van der Waals surface area contributed by atoms with Gasteiger partial charge in [-0.15, -0.1) is 0 Å². The summed E-state index contributed by atoms with van der Waals surface area (Å²) in [5, 5.41) is 2.76. The van der Waals surface area contributed by atoms with E-state index in [1.807, 2.05) is 31.2 Å². The number of anilines is 2. The number of rotatable bonds is 3. The van der Waals surface area contributed by atoms with Gasteiger partial charge in [-0.3, -0.25) is 0 Å². The molecule has 0 spiro atoms. The maximum atomic E-state index is 12.7. The normalized spacial score (nSPS) is 11.3. The Bertz CT molecular complexity index is 699. The molecule has 3 N–H and O–H groups in total. The van der Waals surface area contributed by atoms with E-state index in [1.54, 1.807) is 0 Å². The molecule has 0 radical (unpaired) electrons. The van der Waals surface area contributed by atoms with Gasteiger partial charge in [-0.2, -0.15) is 13.2 Å². The Hall–Kier alpha value is -2.15. The molecule has 1 heterocycles. The number of aryl methyl sites for hydroxylation is 1. The van der Waals surface area contributed by atoms with Crippen LogP contribution in [0.25, 0.3) is 0 Å². The zero-order valence-electron chi connectivity index (χ0n) is 11.7. The highest BCUT2D eigenvalue weighted by atomic mass is 32.1. The molecule has 22 heavy (non-hydrogen) atoms. The number of benzene rings is 1. The summed E-state index contributed by atoms with van der Waals surface area (Å²) in [6, 6.07) is 8.33. The first-order chi connectivity index (χ1) is 10.3. The zero-order valence-corrected chi connectivity index (χ0v) is 12.6. The Morgan fingerprint density at radius 3 is 2.64 bits per heavy atom. The van der Waals surface area contributed by atoms with Crippen LogP contribution >= 0.6 is 12.2 Å². The molecule has 0 saturated carbocycles. The van der Waals surface area contributed by atoms with E-state index in [-0.39, 0.29) is 11.5 Å². The Morgan fingerprint density at radius 1 is 1.32 bits per heavy atom. The number of nitrogens with two attached hydrogens (primary N) is 1. The molecular formula is C15H14F3N3S. The molecule has 0 bridgehead atoms. The van der Waals surface area contributed by atoms with E-state index in [2.05, 4.69) is 10.3 Å². The van der Waals surface area contributed by atoms with Crippen LogP contribution in [-0.4, -0.2) is 9.97 Å². The third kappa shape index (κ3) is 3.54. The molecule has 1 aromatic heterocycles. The number of thiocarbonyl (C=S) groups is 1. The molecule has 0 aliphatic rings. The Morgan fingerprint density at radius 2 is 2.00 bits per heavy atom. The molecule has 7 heteroatoms. The summed E-state index contributed by atoms with van der Waals surface area (Å²) in [6.45, 7) is 1.97. The van der Waals surface area contributed by atoms with Gasteiger partial charge in [0.2, 0.25) is 0 Å². The lowest BCUT2D eigenvalue weighted by atomic mass is 10.1. The van der Waals surface area contributed by atoms with Crippen LogP contribution in [-0.2, 0) is 12.6 Å². The summed E-state index contributed by atoms with van der Waals surface area (Å²) in [4.78, 5) is 3.88. The molecule has 2 rings (SSSR count). The van der Waals surface area contributed by atoms with Crippen molar-refractivity contribution in [2.24, 2.45) is 0 Å². The largest absolute Gasteiger partial charge is 0.417 e. The second-order valence-electron chi connectivity index (χ2n) is 4.62. The molecule has 0 atom stereocenters. The Kier molecular flexibility index (Phi) is 4.65. The van der Waals surface area contributed by atoms with E-state index in [1.165, 1.54) is 0 Å². The number of nitrogen functional groups attached to an aromatic ring is 1. The molecule has 3 nitrogen and oxygen atoms in total. The van der Waals surface area contributed by atoms with Gasteiger partial charge in [0, 0.05) is 11.8 Å². The van der Waals surface area contributed by atoms with E-state index in [0.29, 0.717) is 11.2 Å². The number of nitrogens with zero attached hydrogens (tertiary/aromatic N) is 1. The summed E-state index contributed by atoms with van der Waals surface area (Å²) in [6.07, 6.45) is -3.03. The molecule has 2 aromatic rings. The van der Waals surface area contributed by atoms with Crippen molar-refractivity contribution >= 4 is 28.7 Å². The quantitative estimate of drug-likeness (QED) is 0.837. The summed E-state index contributed by atoms with van der Waals surface area (Å²) < 4.78 is 38.2. The number of aromatic nitrogens is 1. The molecule has 0 unspecified atom stereocenters. The van der Waals surface area contributed by atoms with Gasteiger partial charge in [-0.25, -0.2) is 4.98 Å². The molecule has 0 fully saturated rings. The van der Waals surface area contributed by atoms with E-state index in [9.17, 15) is 13.2 Å². The van der Waals surface area contributed by atoms with Crippen LogP contribution in [0.1, 0.15) is 23.6 Å². The number of nitrogens with one attached hydrogen (secondary N) is 1. The molecule has 0 aliphatic heterocycles. The smallest absolute Gasteiger partial charge is 0.382 e. The molecule has 0 saturated heterocycles. The molecule has 0 amide bonds. The number of pyridine rings is 1. The zero-order chi connectivity index (χ0) is 16.3. The average molecular weight is 325 g/mol. The first-order valence-corrected chi connectivity index (χ1v) is 6.95.